The van der Waals surface area contributed by atoms with Crippen molar-refractivity contribution in [1.29, 1.82) is 0 Å². The van der Waals surface area contributed by atoms with Crippen LogP contribution in [0, 0.1) is 10.1 Å². The summed E-state index contributed by atoms with van der Waals surface area (Å²) in [5.74, 6) is 0.601. The second kappa shape index (κ2) is 5.22. The normalized spacial score (nSPS) is 10.1. The molecule has 18 heavy (non-hydrogen) atoms. The Balaban J connectivity index is 2.54. The summed E-state index contributed by atoms with van der Waals surface area (Å²) in [4.78, 5) is 18.9. The van der Waals surface area contributed by atoms with Gasteiger partial charge in [0.15, 0.2) is 5.69 Å². The number of rotatable bonds is 4. The molecule has 0 spiro atoms. The first kappa shape index (κ1) is 12.0. The fourth-order valence-electron chi connectivity index (χ4n) is 1.57. The molecule has 6 nitrogen and oxygen atoms in total. The van der Waals surface area contributed by atoms with Crippen molar-refractivity contribution in [2.45, 2.75) is 6.92 Å². The first-order chi connectivity index (χ1) is 8.72. The van der Waals surface area contributed by atoms with Gasteiger partial charge in [-0.2, -0.15) is 0 Å². The maximum atomic E-state index is 11.0. The van der Waals surface area contributed by atoms with E-state index in [2.05, 4.69) is 15.3 Å². The average molecular weight is 244 g/mol. The van der Waals surface area contributed by atoms with Gasteiger partial charge in [-0.15, -0.1) is 0 Å². The van der Waals surface area contributed by atoms with Gasteiger partial charge in [0.25, 0.3) is 5.69 Å². The van der Waals surface area contributed by atoms with Crippen LogP contribution in [0.25, 0.3) is 11.4 Å². The molecule has 2 rings (SSSR count). The van der Waals surface area contributed by atoms with Gasteiger partial charge in [0.1, 0.15) is 5.82 Å². The zero-order valence-corrected chi connectivity index (χ0v) is 9.83. The molecule has 0 amide bonds. The molecule has 0 saturated heterocycles. The molecular weight excluding hydrogens is 232 g/mol. The molecule has 0 radical (unpaired) electrons. The number of hydrogen-bond acceptors (Lipinski definition) is 5. The highest BCUT2D eigenvalue weighted by Gasteiger charge is 2.18. The monoisotopic (exact) mass is 244 g/mol. The lowest BCUT2D eigenvalue weighted by Crippen LogP contribution is -2.02. The van der Waals surface area contributed by atoms with Gasteiger partial charge in [-0.3, -0.25) is 15.1 Å². The molecule has 0 aliphatic carbocycles. The molecule has 2 heterocycles. The predicted molar refractivity (Wildman–Crippen MR) is 68.3 cm³/mol. The Morgan fingerprint density at radius 1 is 1.33 bits per heavy atom. The van der Waals surface area contributed by atoms with E-state index in [1.807, 2.05) is 6.92 Å². The fraction of sp³-hybridized carbons (Fsp3) is 0.167. The Morgan fingerprint density at radius 2 is 2.17 bits per heavy atom. The predicted octanol–water partition coefficient (Wildman–Crippen LogP) is 2.48. The van der Waals surface area contributed by atoms with Crippen LogP contribution < -0.4 is 5.32 Å². The van der Waals surface area contributed by atoms with E-state index in [0.29, 0.717) is 18.1 Å². The van der Waals surface area contributed by atoms with E-state index in [0.717, 1.165) is 0 Å². The molecule has 0 aromatic carbocycles. The molecule has 1 N–H and O–H groups in total. The van der Waals surface area contributed by atoms with Crippen LogP contribution in [0.2, 0.25) is 0 Å². The molecule has 0 atom stereocenters. The number of nitrogens with one attached hydrogen (secondary N) is 1. The van der Waals surface area contributed by atoms with Gasteiger partial charge < -0.3 is 5.32 Å². The number of anilines is 1. The summed E-state index contributed by atoms with van der Waals surface area (Å²) in [7, 11) is 0. The van der Waals surface area contributed by atoms with Crippen LogP contribution in [0.4, 0.5) is 11.5 Å². The van der Waals surface area contributed by atoms with Crippen molar-refractivity contribution < 1.29 is 4.92 Å². The number of aromatic nitrogens is 2. The lowest BCUT2D eigenvalue weighted by Gasteiger charge is -2.05. The summed E-state index contributed by atoms with van der Waals surface area (Å²) in [5.41, 5.74) is 0.721. The highest BCUT2D eigenvalue weighted by molar-refractivity contribution is 5.68. The summed E-state index contributed by atoms with van der Waals surface area (Å²) in [6.07, 6.45) is 1.58. The third kappa shape index (κ3) is 2.42. The van der Waals surface area contributed by atoms with Crippen molar-refractivity contribution in [2.24, 2.45) is 0 Å². The van der Waals surface area contributed by atoms with Crippen LogP contribution >= 0.6 is 0 Å². The van der Waals surface area contributed by atoms with E-state index in [1.54, 1.807) is 30.5 Å². The van der Waals surface area contributed by atoms with Crippen LogP contribution in [0.1, 0.15) is 6.92 Å². The van der Waals surface area contributed by atoms with E-state index in [-0.39, 0.29) is 11.4 Å². The Kier molecular flexibility index (Phi) is 3.47. The van der Waals surface area contributed by atoms with E-state index in [9.17, 15) is 10.1 Å². The van der Waals surface area contributed by atoms with E-state index >= 15 is 0 Å². The SMILES string of the molecule is CCNc1ccc([N+](=O)[O-])c(-c2ccccn2)n1. The Hall–Kier alpha value is -2.50. The molecule has 2 aromatic heterocycles. The van der Waals surface area contributed by atoms with Crippen LogP contribution in [0.3, 0.4) is 0 Å². The van der Waals surface area contributed by atoms with Crippen LogP contribution in [-0.4, -0.2) is 21.4 Å². The van der Waals surface area contributed by atoms with Crippen molar-refractivity contribution in [3.63, 3.8) is 0 Å². The number of hydrogen-bond donors (Lipinski definition) is 1. The fourth-order valence-corrected chi connectivity index (χ4v) is 1.57. The number of nitrogens with zero attached hydrogens (tertiary/aromatic N) is 3. The Bertz CT molecular complexity index is 557. The smallest absolute Gasteiger partial charge is 0.297 e. The van der Waals surface area contributed by atoms with Crippen molar-refractivity contribution in [1.82, 2.24) is 9.97 Å². The van der Waals surface area contributed by atoms with Gasteiger partial charge in [-0.25, -0.2) is 4.98 Å². The molecule has 0 unspecified atom stereocenters. The highest BCUT2D eigenvalue weighted by Crippen LogP contribution is 2.27. The zero-order valence-electron chi connectivity index (χ0n) is 9.83. The third-order valence-electron chi connectivity index (χ3n) is 2.34. The Morgan fingerprint density at radius 3 is 2.78 bits per heavy atom. The molecular formula is C12H12N4O2. The summed E-state index contributed by atoms with van der Waals surface area (Å²) >= 11 is 0. The molecule has 0 aliphatic rings. The first-order valence-corrected chi connectivity index (χ1v) is 5.53. The van der Waals surface area contributed by atoms with Crippen molar-refractivity contribution >= 4 is 11.5 Å². The second-order valence-electron chi connectivity index (χ2n) is 3.57. The average Bonchev–Trinajstić information content (AvgIpc) is 2.40. The van der Waals surface area contributed by atoms with E-state index < -0.39 is 4.92 Å². The van der Waals surface area contributed by atoms with Crippen molar-refractivity contribution in [2.75, 3.05) is 11.9 Å². The van der Waals surface area contributed by atoms with Gasteiger partial charge in [-0.1, -0.05) is 6.07 Å². The lowest BCUT2D eigenvalue weighted by molar-refractivity contribution is -0.384. The van der Waals surface area contributed by atoms with Crippen LogP contribution in [0.5, 0.6) is 0 Å². The molecule has 0 saturated carbocycles. The maximum Gasteiger partial charge on any atom is 0.297 e. The van der Waals surface area contributed by atoms with Gasteiger partial charge >= 0.3 is 0 Å². The maximum absolute atomic E-state index is 11.0. The molecule has 0 aliphatic heterocycles. The van der Waals surface area contributed by atoms with Gasteiger partial charge in [0, 0.05) is 18.8 Å². The summed E-state index contributed by atoms with van der Waals surface area (Å²) in [6, 6.07) is 8.26. The van der Waals surface area contributed by atoms with Crippen molar-refractivity contribution in [3.8, 4) is 11.4 Å². The molecule has 2 aromatic rings. The molecule has 92 valence electrons. The van der Waals surface area contributed by atoms with Crippen LogP contribution in [-0.2, 0) is 0 Å². The number of pyridine rings is 2. The summed E-state index contributed by atoms with van der Waals surface area (Å²) in [5, 5.41) is 14.0. The van der Waals surface area contributed by atoms with E-state index in [1.165, 1.54) is 6.07 Å². The molecule has 0 bridgehead atoms. The molecule has 0 fully saturated rings. The molecule has 6 heteroatoms. The lowest BCUT2D eigenvalue weighted by atomic mass is 10.2. The minimum absolute atomic E-state index is 0.0460. The highest BCUT2D eigenvalue weighted by atomic mass is 16.6. The summed E-state index contributed by atoms with van der Waals surface area (Å²) < 4.78 is 0. The standard InChI is InChI=1S/C12H12N4O2/c1-2-13-11-7-6-10(16(17)18)12(15-11)9-5-3-4-8-14-9/h3-8H,2H2,1H3,(H,13,15). The minimum Gasteiger partial charge on any atom is -0.370 e. The quantitative estimate of drug-likeness (QED) is 0.660. The van der Waals surface area contributed by atoms with Gasteiger partial charge in [0.2, 0.25) is 0 Å². The minimum atomic E-state index is -0.452. The largest absolute Gasteiger partial charge is 0.370 e. The van der Waals surface area contributed by atoms with Crippen LogP contribution in [0.15, 0.2) is 36.5 Å². The number of nitro groups is 1. The summed E-state index contributed by atoms with van der Waals surface area (Å²) in [6.45, 7) is 2.63. The van der Waals surface area contributed by atoms with Gasteiger partial charge in [0.05, 0.1) is 10.6 Å². The van der Waals surface area contributed by atoms with E-state index in [4.69, 9.17) is 0 Å². The topological polar surface area (TPSA) is 81.0 Å². The third-order valence-corrected chi connectivity index (χ3v) is 2.34. The Labute approximate surface area is 104 Å². The van der Waals surface area contributed by atoms with Crippen molar-refractivity contribution in [3.05, 3.63) is 46.6 Å². The van der Waals surface area contributed by atoms with Gasteiger partial charge in [-0.05, 0) is 25.1 Å². The second-order valence-corrected chi connectivity index (χ2v) is 3.57. The first-order valence-electron chi connectivity index (χ1n) is 5.53. The zero-order chi connectivity index (χ0) is 13.0.